The van der Waals surface area contributed by atoms with Crippen LogP contribution in [0.5, 0.6) is 0 Å². The van der Waals surface area contributed by atoms with Crippen LogP contribution in [-0.2, 0) is 0 Å². The molecule has 52 valence electrons. The van der Waals surface area contributed by atoms with E-state index in [-0.39, 0.29) is 0 Å². The molecule has 0 saturated heterocycles. The standard InChI is InChI=1S/C9H12Si/c10-9-4-2-1-3-8(9)7-5-6-7/h1-4,7H,5-6H2,10H3. The Morgan fingerprint density at radius 3 is 2.50 bits per heavy atom. The predicted molar refractivity (Wildman–Crippen MR) is 48.0 cm³/mol. The van der Waals surface area contributed by atoms with Crippen molar-refractivity contribution >= 4 is 15.4 Å². The molecule has 1 aliphatic carbocycles. The molecule has 1 aliphatic rings. The van der Waals surface area contributed by atoms with Gasteiger partial charge in [0, 0.05) is 10.2 Å². The minimum Gasteiger partial charge on any atom is -0.0674 e. The summed E-state index contributed by atoms with van der Waals surface area (Å²) in [7, 11) is 1.21. The average Bonchev–Trinajstić information content (AvgIpc) is 2.71. The minimum atomic E-state index is 0.939. The van der Waals surface area contributed by atoms with E-state index < -0.39 is 0 Å². The molecule has 2 rings (SSSR count). The highest BCUT2D eigenvalue weighted by Gasteiger charge is 2.23. The summed E-state index contributed by atoms with van der Waals surface area (Å²) in [5, 5.41) is 1.60. The maximum Gasteiger partial charge on any atom is 0.0388 e. The van der Waals surface area contributed by atoms with Crippen molar-refractivity contribution in [3.63, 3.8) is 0 Å². The second-order valence-electron chi connectivity index (χ2n) is 3.13. The molecule has 0 aromatic heterocycles. The van der Waals surface area contributed by atoms with Gasteiger partial charge < -0.3 is 0 Å². The molecule has 0 spiro atoms. The fourth-order valence-electron chi connectivity index (χ4n) is 1.44. The Morgan fingerprint density at radius 1 is 1.20 bits per heavy atom. The molecule has 0 radical (unpaired) electrons. The molecule has 0 heterocycles. The van der Waals surface area contributed by atoms with E-state index >= 15 is 0 Å². The zero-order chi connectivity index (χ0) is 6.97. The quantitative estimate of drug-likeness (QED) is 0.510. The lowest BCUT2D eigenvalue weighted by molar-refractivity contribution is 1.15. The van der Waals surface area contributed by atoms with Gasteiger partial charge in [-0.2, -0.15) is 0 Å². The van der Waals surface area contributed by atoms with Crippen LogP contribution in [0.25, 0.3) is 0 Å². The average molecular weight is 148 g/mol. The molecule has 1 aromatic carbocycles. The van der Waals surface area contributed by atoms with E-state index in [1.165, 1.54) is 23.1 Å². The molecule has 0 N–H and O–H groups in total. The van der Waals surface area contributed by atoms with E-state index in [9.17, 15) is 0 Å². The van der Waals surface area contributed by atoms with Crippen molar-refractivity contribution < 1.29 is 0 Å². The van der Waals surface area contributed by atoms with Crippen LogP contribution >= 0.6 is 0 Å². The van der Waals surface area contributed by atoms with E-state index in [1.807, 2.05) is 0 Å². The molecule has 0 bridgehead atoms. The molecule has 1 heteroatoms. The Labute approximate surface area is 64.7 Å². The number of hydrogen-bond donors (Lipinski definition) is 0. The first-order chi connectivity index (χ1) is 4.88. The highest BCUT2D eigenvalue weighted by molar-refractivity contribution is 6.33. The Balaban J connectivity index is 2.39. The van der Waals surface area contributed by atoms with Crippen LogP contribution in [0.3, 0.4) is 0 Å². The van der Waals surface area contributed by atoms with Gasteiger partial charge in [-0.1, -0.05) is 29.5 Å². The summed E-state index contributed by atoms with van der Waals surface area (Å²) in [6.07, 6.45) is 2.86. The molecular formula is C9H12Si. The van der Waals surface area contributed by atoms with Crippen molar-refractivity contribution in [3.05, 3.63) is 29.8 Å². The zero-order valence-electron chi connectivity index (χ0n) is 6.30. The van der Waals surface area contributed by atoms with Gasteiger partial charge in [0.2, 0.25) is 0 Å². The maximum absolute atomic E-state index is 2.29. The molecule has 0 atom stereocenters. The summed E-state index contributed by atoms with van der Waals surface area (Å²) in [6, 6.07) is 8.86. The van der Waals surface area contributed by atoms with E-state index in [0.717, 1.165) is 5.92 Å². The lowest BCUT2D eigenvalue weighted by Crippen LogP contribution is -2.07. The van der Waals surface area contributed by atoms with Crippen molar-refractivity contribution in [2.75, 3.05) is 0 Å². The van der Waals surface area contributed by atoms with Crippen LogP contribution < -0.4 is 5.19 Å². The summed E-state index contributed by atoms with van der Waals surface area (Å²) >= 11 is 0. The first kappa shape index (κ1) is 6.17. The van der Waals surface area contributed by atoms with Crippen LogP contribution in [0.2, 0.25) is 0 Å². The summed E-state index contributed by atoms with van der Waals surface area (Å²) in [4.78, 5) is 0. The molecule has 0 nitrogen and oxygen atoms in total. The van der Waals surface area contributed by atoms with Gasteiger partial charge in [-0.3, -0.25) is 0 Å². The van der Waals surface area contributed by atoms with E-state index in [2.05, 4.69) is 24.3 Å². The topological polar surface area (TPSA) is 0 Å². The fourth-order valence-corrected chi connectivity index (χ4v) is 2.21. The van der Waals surface area contributed by atoms with Crippen LogP contribution in [-0.4, -0.2) is 10.2 Å². The second-order valence-corrected chi connectivity index (χ2v) is 4.21. The van der Waals surface area contributed by atoms with Crippen LogP contribution in [0, 0.1) is 0 Å². The molecule has 0 amide bonds. The second kappa shape index (κ2) is 2.24. The minimum absolute atomic E-state index is 0.939. The molecule has 0 aliphatic heterocycles. The van der Waals surface area contributed by atoms with Gasteiger partial charge in [0.25, 0.3) is 0 Å². The van der Waals surface area contributed by atoms with E-state index in [0.29, 0.717) is 0 Å². The fraction of sp³-hybridized carbons (Fsp3) is 0.333. The lowest BCUT2D eigenvalue weighted by atomic mass is 10.1. The first-order valence-corrected chi connectivity index (χ1v) is 4.93. The van der Waals surface area contributed by atoms with Gasteiger partial charge in [-0.25, -0.2) is 0 Å². The maximum atomic E-state index is 2.29. The normalized spacial score (nSPS) is 17.6. The third-order valence-electron chi connectivity index (χ3n) is 2.21. The van der Waals surface area contributed by atoms with Gasteiger partial charge in [0.05, 0.1) is 0 Å². The summed E-state index contributed by atoms with van der Waals surface area (Å²) in [5.41, 5.74) is 1.63. The van der Waals surface area contributed by atoms with Crippen molar-refractivity contribution in [1.29, 1.82) is 0 Å². The zero-order valence-corrected chi connectivity index (χ0v) is 8.30. The van der Waals surface area contributed by atoms with Crippen LogP contribution in [0.1, 0.15) is 24.3 Å². The molecule has 10 heavy (non-hydrogen) atoms. The molecule has 1 aromatic rings. The Kier molecular flexibility index (Phi) is 1.38. The van der Waals surface area contributed by atoms with Crippen LogP contribution in [0.4, 0.5) is 0 Å². The van der Waals surface area contributed by atoms with Crippen molar-refractivity contribution in [1.82, 2.24) is 0 Å². The van der Waals surface area contributed by atoms with Gasteiger partial charge in [0.15, 0.2) is 0 Å². The highest BCUT2D eigenvalue weighted by Crippen LogP contribution is 2.38. The highest BCUT2D eigenvalue weighted by atomic mass is 28.1. The summed E-state index contributed by atoms with van der Waals surface area (Å²) in [6.45, 7) is 0. The predicted octanol–water partition coefficient (Wildman–Crippen LogP) is 0.555. The van der Waals surface area contributed by atoms with Crippen molar-refractivity contribution in [2.24, 2.45) is 0 Å². The van der Waals surface area contributed by atoms with E-state index in [1.54, 1.807) is 10.8 Å². The molecule has 0 unspecified atom stereocenters. The first-order valence-electron chi connectivity index (χ1n) is 3.93. The Hall–Kier alpha value is -0.563. The van der Waals surface area contributed by atoms with Gasteiger partial charge in [0.1, 0.15) is 0 Å². The van der Waals surface area contributed by atoms with Crippen LogP contribution in [0.15, 0.2) is 24.3 Å². The van der Waals surface area contributed by atoms with Gasteiger partial charge in [-0.15, -0.1) is 0 Å². The molecule has 1 fully saturated rings. The Morgan fingerprint density at radius 2 is 1.90 bits per heavy atom. The lowest BCUT2D eigenvalue weighted by Gasteiger charge is -2.00. The number of rotatable bonds is 1. The third kappa shape index (κ3) is 1.01. The van der Waals surface area contributed by atoms with Crippen molar-refractivity contribution in [2.45, 2.75) is 18.8 Å². The molecular weight excluding hydrogens is 136 g/mol. The largest absolute Gasteiger partial charge is 0.0674 e. The molecule has 1 saturated carbocycles. The van der Waals surface area contributed by atoms with E-state index in [4.69, 9.17) is 0 Å². The van der Waals surface area contributed by atoms with Gasteiger partial charge >= 0.3 is 0 Å². The van der Waals surface area contributed by atoms with Crippen molar-refractivity contribution in [3.8, 4) is 0 Å². The number of benzene rings is 1. The Bertz CT molecular complexity index is 238. The van der Waals surface area contributed by atoms with Gasteiger partial charge in [-0.05, 0) is 24.3 Å². The third-order valence-corrected chi connectivity index (χ3v) is 3.12. The summed E-state index contributed by atoms with van der Waals surface area (Å²) < 4.78 is 0. The summed E-state index contributed by atoms with van der Waals surface area (Å²) in [5.74, 6) is 0.939. The SMILES string of the molecule is [SiH3]c1ccccc1C1CC1. The smallest absolute Gasteiger partial charge is 0.0388 e. The number of hydrogen-bond acceptors (Lipinski definition) is 0. The monoisotopic (exact) mass is 148 g/mol.